The second kappa shape index (κ2) is 5.03. The van der Waals surface area contributed by atoms with E-state index in [-0.39, 0.29) is 6.04 Å². The summed E-state index contributed by atoms with van der Waals surface area (Å²) in [6.07, 6.45) is 0. The summed E-state index contributed by atoms with van der Waals surface area (Å²) in [5.74, 6) is 1.83. The highest BCUT2D eigenvalue weighted by Crippen LogP contribution is 2.35. The van der Waals surface area contributed by atoms with Crippen molar-refractivity contribution in [3.05, 3.63) is 23.8 Å². The second-order valence-electron chi connectivity index (χ2n) is 3.85. The smallest absolute Gasteiger partial charge is 0.165 e. The fraction of sp³-hybridized carbons (Fsp3) is 0.500. The van der Waals surface area contributed by atoms with Crippen LogP contribution in [0.4, 0.5) is 0 Å². The van der Waals surface area contributed by atoms with Crippen LogP contribution < -0.4 is 15.2 Å². The zero-order chi connectivity index (χ0) is 11.4. The van der Waals surface area contributed by atoms with Gasteiger partial charge in [-0.3, -0.25) is 0 Å². The summed E-state index contributed by atoms with van der Waals surface area (Å²) in [5, 5.41) is 0. The van der Waals surface area contributed by atoms with Gasteiger partial charge in [-0.15, -0.1) is 0 Å². The lowest BCUT2D eigenvalue weighted by Gasteiger charge is -2.20. The molecule has 0 heterocycles. The number of ether oxygens (including phenoxy) is 2. The zero-order valence-electron chi connectivity index (χ0n) is 9.78. The molecule has 0 aromatic heterocycles. The molecule has 0 radical (unpaired) electrons. The maximum absolute atomic E-state index is 6.10. The quantitative estimate of drug-likeness (QED) is 0.828. The minimum absolute atomic E-state index is 0.0324. The van der Waals surface area contributed by atoms with Crippen LogP contribution in [0.1, 0.15) is 25.5 Å². The van der Waals surface area contributed by atoms with Crippen LogP contribution >= 0.6 is 0 Å². The zero-order valence-corrected chi connectivity index (χ0v) is 9.78. The lowest BCUT2D eigenvalue weighted by Crippen LogP contribution is -2.17. The van der Waals surface area contributed by atoms with Gasteiger partial charge in [-0.05, 0) is 12.0 Å². The normalized spacial score (nSPS) is 12.7. The average molecular weight is 209 g/mol. The number of rotatable bonds is 4. The molecule has 3 nitrogen and oxygen atoms in total. The molecule has 0 aliphatic heterocycles. The third kappa shape index (κ3) is 2.42. The first-order chi connectivity index (χ1) is 7.11. The van der Waals surface area contributed by atoms with Crippen molar-refractivity contribution in [2.45, 2.75) is 19.9 Å². The van der Waals surface area contributed by atoms with Gasteiger partial charge in [-0.25, -0.2) is 0 Å². The molecule has 2 N–H and O–H groups in total. The Balaban J connectivity index is 3.16. The third-order valence-electron chi connectivity index (χ3n) is 2.51. The molecule has 0 saturated carbocycles. The highest BCUT2D eigenvalue weighted by atomic mass is 16.5. The molecule has 0 saturated heterocycles. The lowest BCUT2D eigenvalue weighted by molar-refractivity contribution is 0.345. The van der Waals surface area contributed by atoms with Crippen molar-refractivity contribution in [1.29, 1.82) is 0 Å². The number of nitrogens with two attached hydrogens (primary N) is 1. The molecule has 0 aliphatic carbocycles. The summed E-state index contributed by atoms with van der Waals surface area (Å²) in [6, 6.07) is 5.75. The van der Waals surface area contributed by atoms with E-state index in [1.54, 1.807) is 14.2 Å². The summed E-state index contributed by atoms with van der Waals surface area (Å²) < 4.78 is 10.6. The molecule has 84 valence electrons. The van der Waals surface area contributed by atoms with Crippen molar-refractivity contribution in [3.8, 4) is 11.5 Å². The lowest BCUT2D eigenvalue weighted by atomic mass is 9.96. The maximum atomic E-state index is 6.10. The first-order valence-electron chi connectivity index (χ1n) is 5.08. The molecule has 3 heteroatoms. The van der Waals surface area contributed by atoms with Crippen molar-refractivity contribution in [3.63, 3.8) is 0 Å². The van der Waals surface area contributed by atoms with E-state index in [1.807, 2.05) is 18.2 Å². The average Bonchev–Trinajstić information content (AvgIpc) is 2.26. The largest absolute Gasteiger partial charge is 0.493 e. The molecule has 0 aliphatic rings. The number of para-hydroxylation sites is 1. The Hall–Kier alpha value is -1.22. The van der Waals surface area contributed by atoms with Gasteiger partial charge in [0.05, 0.1) is 14.2 Å². The van der Waals surface area contributed by atoms with E-state index in [4.69, 9.17) is 15.2 Å². The second-order valence-corrected chi connectivity index (χ2v) is 3.85. The van der Waals surface area contributed by atoms with Gasteiger partial charge in [0.1, 0.15) is 0 Å². The van der Waals surface area contributed by atoms with Crippen molar-refractivity contribution < 1.29 is 9.47 Å². The van der Waals surface area contributed by atoms with Crippen molar-refractivity contribution in [2.24, 2.45) is 11.7 Å². The fourth-order valence-electron chi connectivity index (χ4n) is 1.53. The molecule has 1 unspecified atom stereocenters. The van der Waals surface area contributed by atoms with Gasteiger partial charge in [0.2, 0.25) is 0 Å². The van der Waals surface area contributed by atoms with Gasteiger partial charge >= 0.3 is 0 Å². The SMILES string of the molecule is COc1cccc(C(N)C(C)C)c1OC. The third-order valence-corrected chi connectivity index (χ3v) is 2.51. The standard InChI is InChI=1S/C12H19NO2/c1-8(2)11(13)9-6-5-7-10(14-3)12(9)15-4/h5-8,11H,13H2,1-4H3. The van der Waals surface area contributed by atoms with Crippen LogP contribution in [-0.2, 0) is 0 Å². The first kappa shape index (κ1) is 11.9. The van der Waals surface area contributed by atoms with Crippen LogP contribution in [0.5, 0.6) is 11.5 Å². The van der Waals surface area contributed by atoms with Crippen LogP contribution in [0.2, 0.25) is 0 Å². The van der Waals surface area contributed by atoms with E-state index < -0.39 is 0 Å². The summed E-state index contributed by atoms with van der Waals surface area (Å²) in [5.41, 5.74) is 7.09. The van der Waals surface area contributed by atoms with Gasteiger partial charge in [-0.1, -0.05) is 26.0 Å². The van der Waals surface area contributed by atoms with Gasteiger partial charge < -0.3 is 15.2 Å². The summed E-state index contributed by atoms with van der Waals surface area (Å²) >= 11 is 0. The summed E-state index contributed by atoms with van der Waals surface area (Å²) in [7, 11) is 3.26. The van der Waals surface area contributed by atoms with Crippen molar-refractivity contribution in [1.82, 2.24) is 0 Å². The Morgan fingerprint density at radius 3 is 2.27 bits per heavy atom. The molecule has 15 heavy (non-hydrogen) atoms. The predicted molar refractivity (Wildman–Crippen MR) is 61.3 cm³/mol. The number of hydrogen-bond donors (Lipinski definition) is 1. The van der Waals surface area contributed by atoms with E-state index in [2.05, 4.69) is 13.8 Å². The van der Waals surface area contributed by atoms with Crippen LogP contribution in [0, 0.1) is 5.92 Å². The Kier molecular flexibility index (Phi) is 3.97. The van der Waals surface area contributed by atoms with E-state index in [1.165, 1.54) is 0 Å². The minimum Gasteiger partial charge on any atom is -0.493 e. The maximum Gasteiger partial charge on any atom is 0.165 e. The van der Waals surface area contributed by atoms with Crippen LogP contribution in [0.3, 0.4) is 0 Å². The molecule has 0 amide bonds. The Morgan fingerprint density at radius 2 is 1.80 bits per heavy atom. The molecule has 1 atom stereocenters. The minimum atomic E-state index is -0.0324. The van der Waals surface area contributed by atoms with E-state index >= 15 is 0 Å². The van der Waals surface area contributed by atoms with Crippen molar-refractivity contribution >= 4 is 0 Å². The molecule has 0 spiro atoms. The van der Waals surface area contributed by atoms with E-state index in [0.717, 1.165) is 17.1 Å². The molecular formula is C12H19NO2. The molecule has 1 aromatic rings. The van der Waals surface area contributed by atoms with Gasteiger partial charge in [0.25, 0.3) is 0 Å². The van der Waals surface area contributed by atoms with Crippen LogP contribution in [0.25, 0.3) is 0 Å². The predicted octanol–water partition coefficient (Wildman–Crippen LogP) is 2.36. The van der Waals surface area contributed by atoms with Gasteiger partial charge in [0.15, 0.2) is 11.5 Å². The molecule has 0 bridgehead atoms. The number of benzene rings is 1. The molecule has 1 rings (SSSR count). The van der Waals surface area contributed by atoms with Gasteiger partial charge in [-0.2, -0.15) is 0 Å². The number of methoxy groups -OCH3 is 2. The van der Waals surface area contributed by atoms with E-state index in [9.17, 15) is 0 Å². The fourth-order valence-corrected chi connectivity index (χ4v) is 1.53. The highest BCUT2D eigenvalue weighted by Gasteiger charge is 2.17. The van der Waals surface area contributed by atoms with Crippen molar-refractivity contribution in [2.75, 3.05) is 14.2 Å². The number of hydrogen-bond acceptors (Lipinski definition) is 3. The molecular weight excluding hydrogens is 190 g/mol. The Bertz CT molecular complexity index is 323. The van der Waals surface area contributed by atoms with Crippen LogP contribution in [0.15, 0.2) is 18.2 Å². The van der Waals surface area contributed by atoms with Gasteiger partial charge in [0, 0.05) is 11.6 Å². The highest BCUT2D eigenvalue weighted by molar-refractivity contribution is 5.48. The van der Waals surface area contributed by atoms with E-state index in [0.29, 0.717) is 5.92 Å². The molecule has 0 fully saturated rings. The molecule has 1 aromatic carbocycles. The summed E-state index contributed by atoms with van der Waals surface area (Å²) in [6.45, 7) is 4.17. The topological polar surface area (TPSA) is 44.5 Å². The Morgan fingerprint density at radius 1 is 1.13 bits per heavy atom. The van der Waals surface area contributed by atoms with Crippen LogP contribution in [-0.4, -0.2) is 14.2 Å². The Labute approximate surface area is 91.2 Å². The summed E-state index contributed by atoms with van der Waals surface area (Å²) in [4.78, 5) is 0. The first-order valence-corrected chi connectivity index (χ1v) is 5.08. The monoisotopic (exact) mass is 209 g/mol.